The van der Waals surface area contributed by atoms with Crippen molar-refractivity contribution in [1.29, 1.82) is 0 Å². The van der Waals surface area contributed by atoms with Crippen molar-refractivity contribution in [3.8, 4) is 0 Å². The molecule has 0 fully saturated rings. The van der Waals surface area contributed by atoms with Crippen LogP contribution in [0.15, 0.2) is 33.8 Å². The topological polar surface area (TPSA) is 62.5 Å². The van der Waals surface area contributed by atoms with Crippen molar-refractivity contribution < 1.29 is 4.52 Å². The number of hydrogen-bond donors (Lipinski definition) is 2. The highest BCUT2D eigenvalue weighted by molar-refractivity contribution is 14.0. The van der Waals surface area contributed by atoms with Crippen LogP contribution in [-0.4, -0.2) is 31.3 Å². The Balaban J connectivity index is 0.00000364. The lowest BCUT2D eigenvalue weighted by atomic mass is 9.84. The van der Waals surface area contributed by atoms with E-state index in [1.807, 2.05) is 13.8 Å². The summed E-state index contributed by atoms with van der Waals surface area (Å²) in [7, 11) is 1.80. The second-order valence-electron chi connectivity index (χ2n) is 7.34. The number of benzene rings is 1. The van der Waals surface area contributed by atoms with Gasteiger partial charge in [-0.05, 0) is 37.8 Å². The second-order valence-corrected chi connectivity index (χ2v) is 7.34. The maximum atomic E-state index is 5.21. The second kappa shape index (κ2) is 10.7. The third kappa shape index (κ3) is 6.52. The molecule has 0 bridgehead atoms. The molecule has 5 nitrogen and oxygen atoms in total. The summed E-state index contributed by atoms with van der Waals surface area (Å²) in [5.41, 5.74) is 4.85. The Morgan fingerprint density at radius 3 is 2.33 bits per heavy atom. The standard InChI is InChI=1S/C21H32N4O.HI/c1-7-17-8-10-18(11-9-17)21(4,5)14-24-20(22-6)23-13-12-19-15(2)25-26-16(19)3;/h8-11H,7,12-14H2,1-6H3,(H2,22,23,24);1H. The summed E-state index contributed by atoms with van der Waals surface area (Å²) in [5, 5.41) is 10.8. The Kier molecular flexibility index (Phi) is 9.29. The van der Waals surface area contributed by atoms with E-state index in [9.17, 15) is 0 Å². The van der Waals surface area contributed by atoms with E-state index in [-0.39, 0.29) is 29.4 Å². The molecule has 0 aliphatic carbocycles. The highest BCUT2D eigenvalue weighted by Gasteiger charge is 2.21. The van der Waals surface area contributed by atoms with E-state index in [2.05, 4.69) is 65.8 Å². The first-order valence-corrected chi connectivity index (χ1v) is 9.33. The van der Waals surface area contributed by atoms with Crippen LogP contribution in [0.3, 0.4) is 0 Å². The fraction of sp³-hybridized carbons (Fsp3) is 0.524. The van der Waals surface area contributed by atoms with Crippen molar-refractivity contribution in [2.24, 2.45) is 4.99 Å². The highest BCUT2D eigenvalue weighted by atomic mass is 127. The van der Waals surface area contributed by atoms with Gasteiger partial charge in [0.15, 0.2) is 5.96 Å². The zero-order chi connectivity index (χ0) is 19.2. The molecule has 0 amide bonds. The molecule has 0 saturated heterocycles. The zero-order valence-corrected chi connectivity index (χ0v) is 19.7. The monoisotopic (exact) mass is 484 g/mol. The minimum atomic E-state index is 0. The smallest absolute Gasteiger partial charge is 0.191 e. The largest absolute Gasteiger partial charge is 0.361 e. The molecule has 150 valence electrons. The average Bonchev–Trinajstić information content (AvgIpc) is 2.96. The molecule has 2 N–H and O–H groups in total. The molecule has 2 aromatic rings. The maximum absolute atomic E-state index is 5.21. The number of guanidine groups is 1. The molecule has 0 atom stereocenters. The van der Waals surface area contributed by atoms with E-state index in [0.29, 0.717) is 0 Å². The highest BCUT2D eigenvalue weighted by Crippen LogP contribution is 2.22. The van der Waals surface area contributed by atoms with Crippen LogP contribution in [0.4, 0.5) is 0 Å². The van der Waals surface area contributed by atoms with Crippen LogP contribution in [0, 0.1) is 13.8 Å². The first-order chi connectivity index (χ1) is 12.4. The number of halogens is 1. The summed E-state index contributed by atoms with van der Waals surface area (Å²) in [6.07, 6.45) is 1.93. The fourth-order valence-corrected chi connectivity index (χ4v) is 2.98. The van der Waals surface area contributed by atoms with E-state index < -0.39 is 0 Å². The molecule has 1 heterocycles. The summed E-state index contributed by atoms with van der Waals surface area (Å²) in [6, 6.07) is 8.89. The Hall–Kier alpha value is -1.57. The Labute approximate surface area is 180 Å². The number of aryl methyl sites for hydroxylation is 3. The van der Waals surface area contributed by atoms with Crippen LogP contribution >= 0.6 is 24.0 Å². The first kappa shape index (κ1) is 23.5. The zero-order valence-electron chi connectivity index (χ0n) is 17.3. The minimum Gasteiger partial charge on any atom is -0.361 e. The number of nitrogens with one attached hydrogen (secondary N) is 2. The van der Waals surface area contributed by atoms with Gasteiger partial charge < -0.3 is 15.2 Å². The molecule has 2 rings (SSSR count). The number of aromatic nitrogens is 1. The minimum absolute atomic E-state index is 0. The lowest BCUT2D eigenvalue weighted by Gasteiger charge is -2.27. The van der Waals surface area contributed by atoms with Crippen molar-refractivity contribution in [3.05, 3.63) is 52.4 Å². The molecular weight excluding hydrogens is 451 g/mol. The third-order valence-electron chi connectivity index (χ3n) is 4.91. The van der Waals surface area contributed by atoms with Crippen LogP contribution in [-0.2, 0) is 18.3 Å². The number of aliphatic imine (C=N–C) groups is 1. The van der Waals surface area contributed by atoms with E-state index >= 15 is 0 Å². The number of nitrogens with zero attached hydrogens (tertiary/aromatic N) is 2. The van der Waals surface area contributed by atoms with Crippen molar-refractivity contribution in [3.63, 3.8) is 0 Å². The molecule has 0 radical (unpaired) electrons. The summed E-state index contributed by atoms with van der Waals surface area (Å²) in [4.78, 5) is 4.33. The van der Waals surface area contributed by atoms with Crippen molar-refractivity contribution in [2.75, 3.05) is 20.1 Å². The summed E-state index contributed by atoms with van der Waals surface area (Å²) in [5.74, 6) is 1.71. The average molecular weight is 484 g/mol. The van der Waals surface area contributed by atoms with Crippen molar-refractivity contribution >= 4 is 29.9 Å². The van der Waals surface area contributed by atoms with Crippen molar-refractivity contribution in [1.82, 2.24) is 15.8 Å². The molecule has 1 aromatic heterocycles. The third-order valence-corrected chi connectivity index (χ3v) is 4.91. The van der Waals surface area contributed by atoms with Gasteiger partial charge >= 0.3 is 0 Å². The quantitative estimate of drug-likeness (QED) is 0.352. The fourth-order valence-electron chi connectivity index (χ4n) is 2.98. The maximum Gasteiger partial charge on any atom is 0.191 e. The summed E-state index contributed by atoms with van der Waals surface area (Å²) in [6.45, 7) is 12.2. The van der Waals surface area contributed by atoms with Crippen LogP contribution in [0.1, 0.15) is 48.9 Å². The van der Waals surface area contributed by atoms with Crippen LogP contribution in [0.25, 0.3) is 0 Å². The molecule has 6 heteroatoms. The van der Waals surface area contributed by atoms with Crippen molar-refractivity contribution in [2.45, 2.75) is 52.9 Å². The van der Waals surface area contributed by atoms with Gasteiger partial charge in [0, 0.05) is 31.1 Å². The molecular formula is C21H33IN4O. The molecule has 0 aliphatic rings. The Morgan fingerprint density at radius 2 is 1.81 bits per heavy atom. The molecule has 0 unspecified atom stereocenters. The van der Waals surface area contributed by atoms with Gasteiger partial charge in [-0.1, -0.05) is 50.2 Å². The van der Waals surface area contributed by atoms with Gasteiger partial charge in [0.05, 0.1) is 5.69 Å². The predicted octanol–water partition coefficient (Wildman–Crippen LogP) is 4.16. The van der Waals surface area contributed by atoms with E-state index in [1.54, 1.807) is 7.05 Å². The number of rotatable bonds is 7. The van der Waals surface area contributed by atoms with Gasteiger partial charge in [0.1, 0.15) is 5.76 Å². The van der Waals surface area contributed by atoms with Crippen LogP contribution < -0.4 is 10.6 Å². The SMILES string of the molecule is CCc1ccc(C(C)(C)CNC(=NC)NCCc2c(C)noc2C)cc1.I. The molecule has 27 heavy (non-hydrogen) atoms. The van der Waals surface area contributed by atoms with Gasteiger partial charge in [-0.25, -0.2) is 0 Å². The number of hydrogen-bond acceptors (Lipinski definition) is 3. The van der Waals surface area contributed by atoms with E-state index in [0.717, 1.165) is 43.3 Å². The normalized spacial score (nSPS) is 11.9. The van der Waals surface area contributed by atoms with E-state index in [4.69, 9.17) is 4.52 Å². The lowest BCUT2D eigenvalue weighted by molar-refractivity contribution is 0.392. The first-order valence-electron chi connectivity index (χ1n) is 9.33. The van der Waals surface area contributed by atoms with Gasteiger partial charge in [-0.2, -0.15) is 0 Å². The van der Waals surface area contributed by atoms with Gasteiger partial charge in [0.25, 0.3) is 0 Å². The summed E-state index contributed by atoms with van der Waals surface area (Å²) >= 11 is 0. The van der Waals surface area contributed by atoms with Gasteiger partial charge in [0.2, 0.25) is 0 Å². The van der Waals surface area contributed by atoms with Crippen LogP contribution in [0.5, 0.6) is 0 Å². The Morgan fingerprint density at radius 1 is 1.15 bits per heavy atom. The van der Waals surface area contributed by atoms with Gasteiger partial charge in [-0.15, -0.1) is 24.0 Å². The molecule has 0 saturated carbocycles. The Bertz CT molecular complexity index is 716. The predicted molar refractivity (Wildman–Crippen MR) is 123 cm³/mol. The molecule has 1 aromatic carbocycles. The lowest BCUT2D eigenvalue weighted by Crippen LogP contribution is -2.44. The molecule has 0 aliphatic heterocycles. The molecule has 0 spiro atoms. The van der Waals surface area contributed by atoms with E-state index in [1.165, 1.54) is 16.7 Å². The van der Waals surface area contributed by atoms with Gasteiger partial charge in [-0.3, -0.25) is 4.99 Å². The van der Waals surface area contributed by atoms with Crippen LogP contribution in [0.2, 0.25) is 0 Å². The summed E-state index contributed by atoms with van der Waals surface area (Å²) < 4.78 is 5.21.